The van der Waals surface area contributed by atoms with Crippen LogP contribution in [0.5, 0.6) is 11.5 Å². The summed E-state index contributed by atoms with van der Waals surface area (Å²) in [7, 11) is 3.15. The van der Waals surface area contributed by atoms with Crippen molar-refractivity contribution in [1.29, 1.82) is 0 Å². The molecule has 0 aromatic heterocycles. The number of ether oxygens (including phenoxy) is 2. The zero-order valence-corrected chi connectivity index (χ0v) is 13.6. The zero-order chi connectivity index (χ0) is 15.8. The third-order valence-corrected chi connectivity index (χ3v) is 4.04. The number of rotatable bonds is 8. The largest absolute Gasteiger partial charge is 0.497 e. The van der Waals surface area contributed by atoms with E-state index in [-0.39, 0.29) is 5.91 Å². The molecule has 1 fully saturated rings. The van der Waals surface area contributed by atoms with E-state index in [1.807, 2.05) is 0 Å². The smallest absolute Gasteiger partial charge is 0.255 e. The topological polar surface area (TPSA) is 50.8 Å². The van der Waals surface area contributed by atoms with Crippen molar-refractivity contribution < 1.29 is 14.3 Å². The van der Waals surface area contributed by atoms with Crippen molar-refractivity contribution in [2.75, 3.05) is 40.4 Å². The molecule has 2 rings (SSSR count). The van der Waals surface area contributed by atoms with Crippen LogP contribution in [-0.4, -0.2) is 51.2 Å². The molecule has 0 aliphatic carbocycles. The quantitative estimate of drug-likeness (QED) is 0.749. The van der Waals surface area contributed by atoms with Gasteiger partial charge in [-0.1, -0.05) is 0 Å². The minimum absolute atomic E-state index is 0.0966. The summed E-state index contributed by atoms with van der Waals surface area (Å²) < 4.78 is 10.4. The molecule has 0 bridgehead atoms. The Hall–Kier alpha value is -1.75. The molecule has 22 heavy (non-hydrogen) atoms. The van der Waals surface area contributed by atoms with Gasteiger partial charge in [-0.05, 0) is 57.5 Å². The van der Waals surface area contributed by atoms with Crippen molar-refractivity contribution in [3.05, 3.63) is 23.8 Å². The zero-order valence-electron chi connectivity index (χ0n) is 13.6. The first-order valence-corrected chi connectivity index (χ1v) is 7.97. The SMILES string of the molecule is COc1ccc(C(=O)NCCCCN2CCCC2)c(OC)c1. The van der Waals surface area contributed by atoms with E-state index in [2.05, 4.69) is 10.2 Å². The molecule has 0 spiro atoms. The summed E-state index contributed by atoms with van der Waals surface area (Å²) in [6.07, 6.45) is 4.78. The Kier molecular flexibility index (Phi) is 6.52. The van der Waals surface area contributed by atoms with Crippen LogP contribution in [0.1, 0.15) is 36.0 Å². The number of likely N-dealkylation sites (tertiary alicyclic amines) is 1. The maximum absolute atomic E-state index is 12.2. The lowest BCUT2D eigenvalue weighted by Crippen LogP contribution is -2.26. The van der Waals surface area contributed by atoms with Crippen molar-refractivity contribution >= 4 is 5.91 Å². The van der Waals surface area contributed by atoms with E-state index in [0.29, 0.717) is 23.6 Å². The Morgan fingerprint density at radius 1 is 1.18 bits per heavy atom. The van der Waals surface area contributed by atoms with Crippen molar-refractivity contribution in [3.63, 3.8) is 0 Å². The lowest BCUT2D eigenvalue weighted by Gasteiger charge is -2.14. The Balaban J connectivity index is 1.74. The number of amides is 1. The van der Waals surface area contributed by atoms with E-state index in [1.54, 1.807) is 32.4 Å². The predicted octanol–water partition coefficient (Wildman–Crippen LogP) is 2.31. The highest BCUT2D eigenvalue weighted by molar-refractivity contribution is 5.97. The van der Waals surface area contributed by atoms with Gasteiger partial charge in [0.05, 0.1) is 19.8 Å². The number of methoxy groups -OCH3 is 2. The third-order valence-electron chi connectivity index (χ3n) is 4.04. The van der Waals surface area contributed by atoms with Gasteiger partial charge in [-0.2, -0.15) is 0 Å². The molecule has 5 nitrogen and oxygen atoms in total. The minimum atomic E-state index is -0.0966. The van der Waals surface area contributed by atoms with E-state index in [4.69, 9.17) is 9.47 Å². The molecule has 1 aliphatic heterocycles. The van der Waals surface area contributed by atoms with Crippen LogP contribution in [0.25, 0.3) is 0 Å². The average molecular weight is 306 g/mol. The lowest BCUT2D eigenvalue weighted by atomic mass is 10.1. The summed E-state index contributed by atoms with van der Waals surface area (Å²) in [4.78, 5) is 14.7. The number of carbonyl (C=O) groups excluding carboxylic acids is 1. The first kappa shape index (κ1) is 16.6. The summed E-state index contributed by atoms with van der Waals surface area (Å²) in [5.41, 5.74) is 0.544. The summed E-state index contributed by atoms with van der Waals surface area (Å²) in [6.45, 7) is 4.30. The van der Waals surface area contributed by atoms with Crippen LogP contribution in [0.3, 0.4) is 0 Å². The van der Waals surface area contributed by atoms with Gasteiger partial charge in [-0.3, -0.25) is 4.79 Å². The van der Waals surface area contributed by atoms with Gasteiger partial charge in [0.1, 0.15) is 11.5 Å². The minimum Gasteiger partial charge on any atom is -0.497 e. The Morgan fingerprint density at radius 3 is 2.64 bits per heavy atom. The maximum Gasteiger partial charge on any atom is 0.255 e. The van der Waals surface area contributed by atoms with Crippen LogP contribution in [0.4, 0.5) is 0 Å². The molecule has 122 valence electrons. The van der Waals surface area contributed by atoms with Gasteiger partial charge in [0.2, 0.25) is 0 Å². The highest BCUT2D eigenvalue weighted by Gasteiger charge is 2.13. The molecule has 1 amide bonds. The molecule has 0 radical (unpaired) electrons. The molecule has 1 aliphatic rings. The molecule has 1 N–H and O–H groups in total. The first-order chi connectivity index (χ1) is 10.7. The fraction of sp³-hybridized carbons (Fsp3) is 0.588. The number of hydrogen-bond acceptors (Lipinski definition) is 4. The van der Waals surface area contributed by atoms with Gasteiger partial charge in [-0.25, -0.2) is 0 Å². The van der Waals surface area contributed by atoms with E-state index >= 15 is 0 Å². The van der Waals surface area contributed by atoms with Crippen molar-refractivity contribution in [2.24, 2.45) is 0 Å². The standard InChI is InChI=1S/C17H26N2O3/c1-21-14-7-8-15(16(13-14)22-2)17(20)18-9-3-4-10-19-11-5-6-12-19/h7-8,13H,3-6,9-12H2,1-2H3,(H,18,20). The Morgan fingerprint density at radius 2 is 1.95 bits per heavy atom. The number of carbonyl (C=O) groups is 1. The second kappa shape index (κ2) is 8.63. The van der Waals surface area contributed by atoms with Gasteiger partial charge in [0.25, 0.3) is 5.91 Å². The van der Waals surface area contributed by atoms with Crippen molar-refractivity contribution in [3.8, 4) is 11.5 Å². The van der Waals surface area contributed by atoms with Gasteiger partial charge in [0.15, 0.2) is 0 Å². The maximum atomic E-state index is 12.2. The number of unbranched alkanes of at least 4 members (excludes halogenated alkanes) is 1. The van der Waals surface area contributed by atoms with Gasteiger partial charge >= 0.3 is 0 Å². The third kappa shape index (κ3) is 4.63. The van der Waals surface area contributed by atoms with E-state index < -0.39 is 0 Å². The highest BCUT2D eigenvalue weighted by atomic mass is 16.5. The number of nitrogens with one attached hydrogen (secondary N) is 1. The number of benzene rings is 1. The van der Waals surface area contributed by atoms with Crippen LogP contribution in [0.15, 0.2) is 18.2 Å². The van der Waals surface area contributed by atoms with E-state index in [9.17, 15) is 4.79 Å². The summed E-state index contributed by atoms with van der Waals surface area (Å²) in [5, 5.41) is 2.96. The van der Waals surface area contributed by atoms with Gasteiger partial charge < -0.3 is 19.7 Å². The first-order valence-electron chi connectivity index (χ1n) is 7.97. The van der Waals surface area contributed by atoms with Crippen LogP contribution < -0.4 is 14.8 Å². The molecule has 5 heteroatoms. The fourth-order valence-corrected chi connectivity index (χ4v) is 2.75. The van der Waals surface area contributed by atoms with Crippen LogP contribution in [-0.2, 0) is 0 Å². The molecule has 1 aromatic rings. The molecule has 0 saturated carbocycles. The van der Waals surface area contributed by atoms with E-state index in [0.717, 1.165) is 19.4 Å². The van der Waals surface area contributed by atoms with Crippen molar-refractivity contribution in [2.45, 2.75) is 25.7 Å². The molecular weight excluding hydrogens is 280 g/mol. The Labute approximate surface area is 132 Å². The second-order valence-electron chi connectivity index (χ2n) is 5.58. The molecule has 1 aromatic carbocycles. The monoisotopic (exact) mass is 306 g/mol. The molecular formula is C17H26N2O3. The predicted molar refractivity (Wildman–Crippen MR) is 86.8 cm³/mol. The average Bonchev–Trinajstić information content (AvgIpc) is 3.07. The van der Waals surface area contributed by atoms with Crippen LogP contribution in [0.2, 0.25) is 0 Å². The molecule has 1 saturated heterocycles. The number of hydrogen-bond donors (Lipinski definition) is 1. The molecule has 1 heterocycles. The normalized spacial score (nSPS) is 14.8. The van der Waals surface area contributed by atoms with Crippen LogP contribution >= 0.6 is 0 Å². The summed E-state index contributed by atoms with van der Waals surface area (Å²) in [5.74, 6) is 1.12. The summed E-state index contributed by atoms with van der Waals surface area (Å²) >= 11 is 0. The molecule has 0 atom stereocenters. The Bertz CT molecular complexity index is 485. The van der Waals surface area contributed by atoms with Gasteiger partial charge in [-0.15, -0.1) is 0 Å². The number of nitrogens with zero attached hydrogens (tertiary/aromatic N) is 1. The van der Waals surface area contributed by atoms with Crippen LogP contribution in [0, 0.1) is 0 Å². The van der Waals surface area contributed by atoms with Crippen molar-refractivity contribution in [1.82, 2.24) is 10.2 Å². The van der Waals surface area contributed by atoms with Gasteiger partial charge in [0, 0.05) is 12.6 Å². The highest BCUT2D eigenvalue weighted by Crippen LogP contribution is 2.24. The van der Waals surface area contributed by atoms with E-state index in [1.165, 1.54) is 25.9 Å². The summed E-state index contributed by atoms with van der Waals surface area (Å²) in [6, 6.07) is 5.23. The molecule has 0 unspecified atom stereocenters. The fourth-order valence-electron chi connectivity index (χ4n) is 2.75. The lowest BCUT2D eigenvalue weighted by molar-refractivity contribution is 0.0949. The second-order valence-corrected chi connectivity index (χ2v) is 5.58.